The summed E-state index contributed by atoms with van der Waals surface area (Å²) in [6.07, 6.45) is 1.43. The molecule has 0 radical (unpaired) electrons. The molecule has 1 aliphatic rings. The van der Waals surface area contributed by atoms with Crippen LogP contribution in [0.4, 0.5) is 5.69 Å². The molecule has 4 nitrogen and oxygen atoms in total. The summed E-state index contributed by atoms with van der Waals surface area (Å²) in [4.78, 5) is 0. The van der Waals surface area contributed by atoms with Gasteiger partial charge in [0.2, 0.25) is 0 Å². The molecular weight excluding hydrogens is 238 g/mol. The van der Waals surface area contributed by atoms with Gasteiger partial charge in [0.15, 0.2) is 0 Å². The molecular formula is C15H27N3O. The van der Waals surface area contributed by atoms with E-state index in [1.165, 1.54) is 0 Å². The number of hydrogen-bond acceptors (Lipinski definition) is 3. The molecule has 0 aromatic carbocycles. The average Bonchev–Trinajstić information content (AvgIpc) is 2.63. The first kappa shape index (κ1) is 14.4. The molecule has 1 aliphatic carbocycles. The lowest BCUT2D eigenvalue weighted by Gasteiger charge is -2.52. The number of anilines is 1. The van der Waals surface area contributed by atoms with Crippen LogP contribution in [0.15, 0.2) is 0 Å². The summed E-state index contributed by atoms with van der Waals surface area (Å²) < 4.78 is 6.00. The van der Waals surface area contributed by atoms with Crippen molar-refractivity contribution in [3.63, 3.8) is 0 Å². The van der Waals surface area contributed by atoms with Gasteiger partial charge in [-0.15, -0.1) is 0 Å². The zero-order valence-electron chi connectivity index (χ0n) is 13.0. The van der Waals surface area contributed by atoms with E-state index in [0.717, 1.165) is 30.1 Å². The Kier molecular flexibility index (Phi) is 3.90. The van der Waals surface area contributed by atoms with E-state index >= 15 is 0 Å². The number of nitrogens with zero attached hydrogens (tertiary/aromatic N) is 1. The molecule has 2 N–H and O–H groups in total. The highest BCUT2D eigenvalue weighted by atomic mass is 16.5. The first-order chi connectivity index (χ1) is 8.82. The van der Waals surface area contributed by atoms with Crippen LogP contribution < -0.4 is 5.32 Å². The molecule has 0 bridgehead atoms. The molecule has 1 fully saturated rings. The van der Waals surface area contributed by atoms with E-state index in [9.17, 15) is 0 Å². The second-order valence-corrected chi connectivity index (χ2v) is 6.78. The van der Waals surface area contributed by atoms with Crippen LogP contribution >= 0.6 is 0 Å². The zero-order valence-corrected chi connectivity index (χ0v) is 13.0. The normalized spacial score (nSPS) is 25.4. The van der Waals surface area contributed by atoms with Crippen LogP contribution in [0, 0.1) is 25.2 Å². The van der Waals surface area contributed by atoms with Gasteiger partial charge in [0, 0.05) is 18.1 Å². The topological polar surface area (TPSA) is 49.9 Å². The Morgan fingerprint density at radius 1 is 1.42 bits per heavy atom. The second-order valence-electron chi connectivity index (χ2n) is 6.78. The summed E-state index contributed by atoms with van der Waals surface area (Å²) in [5.41, 5.74) is 3.48. The van der Waals surface area contributed by atoms with Crippen molar-refractivity contribution in [1.82, 2.24) is 10.2 Å². The van der Waals surface area contributed by atoms with Crippen molar-refractivity contribution in [2.24, 2.45) is 11.3 Å². The Morgan fingerprint density at radius 2 is 2.11 bits per heavy atom. The van der Waals surface area contributed by atoms with E-state index in [4.69, 9.17) is 4.74 Å². The highest BCUT2D eigenvalue weighted by Gasteiger charge is 2.49. The predicted molar refractivity (Wildman–Crippen MR) is 78.4 cm³/mol. The van der Waals surface area contributed by atoms with Gasteiger partial charge >= 0.3 is 0 Å². The maximum Gasteiger partial charge on any atom is 0.0825 e. The summed E-state index contributed by atoms with van der Waals surface area (Å²) in [5, 5.41) is 10.9. The van der Waals surface area contributed by atoms with Gasteiger partial charge in [-0.25, -0.2) is 0 Å². The lowest BCUT2D eigenvalue weighted by atomic mass is 9.64. The number of H-pyrrole nitrogens is 1. The quantitative estimate of drug-likeness (QED) is 0.859. The average molecular weight is 265 g/mol. The van der Waals surface area contributed by atoms with Gasteiger partial charge in [-0.1, -0.05) is 27.7 Å². The fourth-order valence-corrected chi connectivity index (χ4v) is 2.66. The number of aromatic nitrogens is 2. The maximum atomic E-state index is 6.00. The fourth-order valence-electron chi connectivity index (χ4n) is 2.66. The van der Waals surface area contributed by atoms with Crippen LogP contribution in [0.3, 0.4) is 0 Å². The van der Waals surface area contributed by atoms with E-state index in [1.807, 2.05) is 6.92 Å². The minimum absolute atomic E-state index is 0.172. The minimum Gasteiger partial charge on any atom is -0.379 e. The fraction of sp³-hybridized carbons (Fsp3) is 0.800. The number of aromatic amines is 1. The molecule has 1 heterocycles. The predicted octanol–water partition coefficient (Wildman–Crippen LogP) is 3.28. The van der Waals surface area contributed by atoms with E-state index in [1.54, 1.807) is 0 Å². The minimum atomic E-state index is 0.172. The molecule has 2 unspecified atom stereocenters. The van der Waals surface area contributed by atoms with Crippen LogP contribution in [0.5, 0.6) is 0 Å². The first-order valence-electron chi connectivity index (χ1n) is 7.22. The van der Waals surface area contributed by atoms with Crippen molar-refractivity contribution in [2.75, 3.05) is 11.9 Å². The summed E-state index contributed by atoms with van der Waals surface area (Å²) >= 11 is 0. The lowest BCUT2D eigenvalue weighted by Crippen LogP contribution is -2.58. The third-order valence-corrected chi connectivity index (χ3v) is 4.26. The van der Waals surface area contributed by atoms with Crippen LogP contribution in [-0.2, 0) is 4.74 Å². The van der Waals surface area contributed by atoms with Crippen LogP contribution in [-0.4, -0.2) is 29.0 Å². The second kappa shape index (κ2) is 5.16. The summed E-state index contributed by atoms with van der Waals surface area (Å²) in [5.74, 6) is 0.598. The van der Waals surface area contributed by atoms with E-state index in [0.29, 0.717) is 18.1 Å². The van der Waals surface area contributed by atoms with Gasteiger partial charge in [0.25, 0.3) is 0 Å². The summed E-state index contributed by atoms with van der Waals surface area (Å²) in [6.45, 7) is 13.9. The van der Waals surface area contributed by atoms with Gasteiger partial charge in [-0.2, -0.15) is 5.10 Å². The van der Waals surface area contributed by atoms with Crippen LogP contribution in [0.25, 0.3) is 0 Å². The molecule has 19 heavy (non-hydrogen) atoms. The zero-order chi connectivity index (χ0) is 14.2. The van der Waals surface area contributed by atoms with E-state index < -0.39 is 0 Å². The van der Waals surface area contributed by atoms with Gasteiger partial charge in [-0.05, 0) is 26.2 Å². The molecule has 1 aromatic heterocycles. The molecule has 108 valence electrons. The molecule has 4 heteroatoms. The van der Waals surface area contributed by atoms with E-state index in [2.05, 4.69) is 50.1 Å². The Hall–Kier alpha value is -1.03. The van der Waals surface area contributed by atoms with Crippen molar-refractivity contribution in [3.05, 3.63) is 11.4 Å². The summed E-state index contributed by atoms with van der Waals surface area (Å²) in [6, 6.07) is 0.458. The Bertz CT molecular complexity index is 417. The van der Waals surface area contributed by atoms with Crippen LogP contribution in [0.2, 0.25) is 0 Å². The van der Waals surface area contributed by atoms with Crippen molar-refractivity contribution in [1.29, 1.82) is 0 Å². The van der Waals surface area contributed by atoms with Crippen molar-refractivity contribution in [3.8, 4) is 0 Å². The first-order valence-corrected chi connectivity index (χ1v) is 7.22. The monoisotopic (exact) mass is 265 g/mol. The number of hydrogen-bond donors (Lipinski definition) is 2. The van der Waals surface area contributed by atoms with Crippen molar-refractivity contribution >= 4 is 5.69 Å². The number of nitrogens with one attached hydrogen (secondary N) is 2. The Balaban J connectivity index is 1.94. The Labute approximate surface area is 116 Å². The Morgan fingerprint density at radius 3 is 2.58 bits per heavy atom. The molecule has 1 aromatic rings. The third-order valence-electron chi connectivity index (χ3n) is 4.26. The van der Waals surface area contributed by atoms with E-state index in [-0.39, 0.29) is 5.41 Å². The highest BCUT2D eigenvalue weighted by molar-refractivity contribution is 5.53. The molecule has 0 amide bonds. The molecule has 0 spiro atoms. The number of aryl methyl sites for hydroxylation is 2. The highest BCUT2D eigenvalue weighted by Crippen LogP contribution is 2.45. The van der Waals surface area contributed by atoms with Gasteiger partial charge in [-0.3, -0.25) is 5.10 Å². The van der Waals surface area contributed by atoms with Gasteiger partial charge in [0.1, 0.15) is 0 Å². The third kappa shape index (κ3) is 2.78. The lowest BCUT2D eigenvalue weighted by molar-refractivity contribution is -0.108. The number of ether oxygens (including phenoxy) is 1. The molecule has 2 atom stereocenters. The molecule has 1 saturated carbocycles. The standard InChI is InChI=1S/C15H27N3O/c1-9(2)8-19-13-7-12(15(13,5)6)16-14-10(3)17-18-11(14)4/h9,12-13,16H,7-8H2,1-6H3,(H,17,18). The largest absolute Gasteiger partial charge is 0.379 e. The van der Waals surface area contributed by atoms with Gasteiger partial charge in [0.05, 0.1) is 23.2 Å². The molecule has 2 rings (SSSR count). The van der Waals surface area contributed by atoms with Gasteiger partial charge < -0.3 is 10.1 Å². The molecule has 0 aliphatic heterocycles. The number of rotatable bonds is 5. The SMILES string of the molecule is Cc1n[nH]c(C)c1NC1CC(OCC(C)C)C1(C)C. The van der Waals surface area contributed by atoms with Crippen molar-refractivity contribution in [2.45, 2.75) is 60.1 Å². The van der Waals surface area contributed by atoms with Crippen molar-refractivity contribution < 1.29 is 4.74 Å². The smallest absolute Gasteiger partial charge is 0.0825 e. The maximum absolute atomic E-state index is 6.00. The molecule has 0 saturated heterocycles. The van der Waals surface area contributed by atoms with Crippen LogP contribution in [0.1, 0.15) is 45.5 Å². The summed E-state index contributed by atoms with van der Waals surface area (Å²) in [7, 11) is 0.